The summed E-state index contributed by atoms with van der Waals surface area (Å²) >= 11 is 0. The van der Waals surface area contributed by atoms with Gasteiger partial charge in [-0.1, -0.05) is 60.7 Å². The van der Waals surface area contributed by atoms with E-state index < -0.39 is 0 Å². The van der Waals surface area contributed by atoms with E-state index in [0.717, 1.165) is 11.8 Å². The van der Waals surface area contributed by atoms with Crippen LogP contribution in [-0.2, 0) is 5.41 Å². The minimum atomic E-state index is 0.277. The largest absolute Gasteiger partial charge is 0.0622 e. The second kappa shape index (κ2) is 3.96. The lowest BCUT2D eigenvalue weighted by Gasteiger charge is -2.19. The van der Waals surface area contributed by atoms with Crippen LogP contribution in [0.3, 0.4) is 0 Å². The van der Waals surface area contributed by atoms with Gasteiger partial charge >= 0.3 is 0 Å². The molecule has 2 aromatic carbocycles. The zero-order valence-corrected chi connectivity index (χ0v) is 11.1. The van der Waals surface area contributed by atoms with Crippen LogP contribution in [0, 0.1) is 24.7 Å². The summed E-state index contributed by atoms with van der Waals surface area (Å²) in [6.07, 6.45) is 2.63. The highest BCUT2D eigenvalue weighted by Gasteiger charge is 2.63. The van der Waals surface area contributed by atoms with Crippen LogP contribution >= 0.6 is 0 Å². The zero-order chi connectivity index (χ0) is 12.9. The quantitative estimate of drug-likeness (QED) is 0.751. The molecule has 95 valence electrons. The third kappa shape index (κ3) is 1.66. The van der Waals surface area contributed by atoms with Crippen molar-refractivity contribution in [3.8, 4) is 0 Å². The van der Waals surface area contributed by atoms with Crippen LogP contribution in [0.4, 0.5) is 0 Å². The Morgan fingerprint density at radius 3 is 1.74 bits per heavy atom. The molecule has 0 bridgehead atoms. The maximum atomic E-state index is 4.25. The van der Waals surface area contributed by atoms with Crippen molar-refractivity contribution in [2.24, 2.45) is 17.8 Å². The second-order valence-corrected chi connectivity index (χ2v) is 6.17. The minimum Gasteiger partial charge on any atom is -0.0622 e. The van der Waals surface area contributed by atoms with Crippen molar-refractivity contribution >= 4 is 0 Å². The van der Waals surface area contributed by atoms with Gasteiger partial charge in [-0.25, -0.2) is 0 Å². The topological polar surface area (TPSA) is 0 Å². The Kier molecular flexibility index (Phi) is 2.35. The molecule has 0 saturated heterocycles. The Bertz CT molecular complexity index is 530. The fourth-order valence-electron chi connectivity index (χ4n) is 3.87. The molecule has 4 rings (SSSR count). The fraction of sp³-hybridized carbons (Fsp3) is 0.316. The summed E-state index contributed by atoms with van der Waals surface area (Å²) in [6, 6.07) is 22.1. The third-order valence-corrected chi connectivity index (χ3v) is 5.09. The van der Waals surface area contributed by atoms with Gasteiger partial charge in [0.15, 0.2) is 0 Å². The Labute approximate surface area is 115 Å². The molecule has 0 heterocycles. The first-order valence-corrected chi connectivity index (χ1v) is 7.26. The smallest absolute Gasteiger partial charge is 0.0237 e. The van der Waals surface area contributed by atoms with Crippen molar-refractivity contribution in [2.75, 3.05) is 0 Å². The third-order valence-electron chi connectivity index (χ3n) is 5.09. The van der Waals surface area contributed by atoms with Crippen LogP contribution in [0.2, 0.25) is 0 Å². The molecule has 0 spiro atoms. The Hall–Kier alpha value is -1.56. The van der Waals surface area contributed by atoms with Crippen LogP contribution in [-0.4, -0.2) is 0 Å². The zero-order valence-electron chi connectivity index (χ0n) is 11.1. The molecule has 0 aromatic heterocycles. The van der Waals surface area contributed by atoms with Gasteiger partial charge in [0.2, 0.25) is 0 Å². The molecular formula is C19H19. The fourth-order valence-corrected chi connectivity index (χ4v) is 3.87. The van der Waals surface area contributed by atoms with Gasteiger partial charge < -0.3 is 0 Å². The van der Waals surface area contributed by atoms with Gasteiger partial charge in [0.25, 0.3) is 0 Å². The van der Waals surface area contributed by atoms with Gasteiger partial charge in [-0.05, 0) is 48.6 Å². The lowest BCUT2D eigenvalue weighted by Crippen LogP contribution is -2.13. The normalized spacial score (nSPS) is 30.9. The van der Waals surface area contributed by atoms with Crippen LogP contribution in [0.1, 0.15) is 24.0 Å². The number of hydrogen-bond donors (Lipinski definition) is 0. The Morgan fingerprint density at radius 1 is 0.842 bits per heavy atom. The van der Waals surface area contributed by atoms with Crippen molar-refractivity contribution in [3.63, 3.8) is 0 Å². The molecule has 19 heavy (non-hydrogen) atoms. The lowest BCUT2D eigenvalue weighted by atomic mass is 9.84. The van der Waals surface area contributed by atoms with Gasteiger partial charge in [-0.2, -0.15) is 0 Å². The summed E-state index contributed by atoms with van der Waals surface area (Å²) in [7, 11) is 0. The number of hydrogen-bond acceptors (Lipinski definition) is 0. The maximum absolute atomic E-state index is 4.25. The second-order valence-electron chi connectivity index (χ2n) is 6.17. The molecule has 0 aliphatic heterocycles. The van der Waals surface area contributed by atoms with Gasteiger partial charge in [-0.15, -0.1) is 0 Å². The van der Waals surface area contributed by atoms with E-state index in [1.165, 1.54) is 24.0 Å². The molecule has 0 heteroatoms. The van der Waals surface area contributed by atoms with E-state index in [1.54, 1.807) is 0 Å². The van der Waals surface area contributed by atoms with Crippen LogP contribution in [0.15, 0.2) is 60.7 Å². The first-order valence-electron chi connectivity index (χ1n) is 7.26. The maximum Gasteiger partial charge on any atom is 0.0237 e. The van der Waals surface area contributed by atoms with Gasteiger partial charge in [0.05, 0.1) is 0 Å². The summed E-state index contributed by atoms with van der Waals surface area (Å²) < 4.78 is 0. The van der Waals surface area contributed by atoms with Crippen LogP contribution in [0.5, 0.6) is 0 Å². The first kappa shape index (κ1) is 11.3. The van der Waals surface area contributed by atoms with Crippen molar-refractivity contribution in [3.05, 3.63) is 78.7 Å². The summed E-state index contributed by atoms with van der Waals surface area (Å²) in [6.45, 7) is 4.25. The first-order chi connectivity index (χ1) is 9.32. The molecule has 3 atom stereocenters. The van der Waals surface area contributed by atoms with E-state index in [-0.39, 0.29) is 5.41 Å². The summed E-state index contributed by atoms with van der Waals surface area (Å²) in [5.41, 5.74) is 3.26. The van der Waals surface area contributed by atoms with Crippen molar-refractivity contribution < 1.29 is 0 Å². The Balaban J connectivity index is 1.78. The van der Waals surface area contributed by atoms with Crippen LogP contribution < -0.4 is 0 Å². The molecule has 0 amide bonds. The molecule has 2 aliphatic rings. The molecule has 3 unspecified atom stereocenters. The SMILES string of the molecule is [CH2]C1CC1C1CC1(c1ccccc1)c1ccccc1. The van der Waals surface area contributed by atoms with E-state index in [4.69, 9.17) is 0 Å². The minimum absolute atomic E-state index is 0.277. The number of benzene rings is 2. The van der Waals surface area contributed by atoms with E-state index in [9.17, 15) is 0 Å². The highest BCUT2D eigenvalue weighted by Crippen LogP contribution is 2.68. The van der Waals surface area contributed by atoms with E-state index >= 15 is 0 Å². The molecule has 1 radical (unpaired) electrons. The molecular weight excluding hydrogens is 228 g/mol. The Morgan fingerprint density at radius 2 is 1.32 bits per heavy atom. The van der Waals surface area contributed by atoms with Crippen molar-refractivity contribution in [1.29, 1.82) is 0 Å². The monoisotopic (exact) mass is 247 g/mol. The predicted octanol–water partition coefficient (Wildman–Crippen LogP) is 4.46. The molecule has 2 saturated carbocycles. The predicted molar refractivity (Wildman–Crippen MR) is 78.7 cm³/mol. The average Bonchev–Trinajstić information content (AvgIpc) is 3.36. The molecule has 0 nitrogen and oxygen atoms in total. The molecule has 2 aliphatic carbocycles. The summed E-state index contributed by atoms with van der Waals surface area (Å²) in [5.74, 6) is 2.35. The standard InChI is InChI=1S/C19H19/c1-14-12-17(14)18-13-19(18,15-8-4-2-5-9-15)16-10-6-3-7-11-16/h2-11,14,17-18H,1,12-13H2. The average molecular weight is 247 g/mol. The summed E-state index contributed by atoms with van der Waals surface area (Å²) in [5, 5.41) is 0. The van der Waals surface area contributed by atoms with Crippen molar-refractivity contribution in [2.45, 2.75) is 18.3 Å². The van der Waals surface area contributed by atoms with E-state index in [2.05, 4.69) is 67.6 Å². The highest BCUT2D eigenvalue weighted by molar-refractivity contribution is 5.48. The van der Waals surface area contributed by atoms with E-state index in [1.807, 2.05) is 0 Å². The molecule has 2 fully saturated rings. The molecule has 0 N–H and O–H groups in total. The van der Waals surface area contributed by atoms with Gasteiger partial charge in [0, 0.05) is 5.41 Å². The summed E-state index contributed by atoms with van der Waals surface area (Å²) in [4.78, 5) is 0. The number of rotatable bonds is 3. The van der Waals surface area contributed by atoms with Crippen molar-refractivity contribution in [1.82, 2.24) is 0 Å². The molecule has 2 aromatic rings. The lowest BCUT2D eigenvalue weighted by molar-refractivity contribution is 0.600. The highest BCUT2D eigenvalue weighted by atomic mass is 14.7. The van der Waals surface area contributed by atoms with Gasteiger partial charge in [0.1, 0.15) is 0 Å². The van der Waals surface area contributed by atoms with E-state index in [0.29, 0.717) is 5.92 Å². The van der Waals surface area contributed by atoms with Crippen LogP contribution in [0.25, 0.3) is 0 Å². The van der Waals surface area contributed by atoms with Gasteiger partial charge in [-0.3, -0.25) is 0 Å².